The molecule has 0 aliphatic heterocycles. The summed E-state index contributed by atoms with van der Waals surface area (Å²) in [4.78, 5) is 0. The highest BCUT2D eigenvalue weighted by Gasteiger charge is 2.17. The molecule has 1 aromatic carbocycles. The van der Waals surface area contributed by atoms with Gasteiger partial charge in [0.05, 0.1) is 6.10 Å². The number of benzene rings is 1. The Morgan fingerprint density at radius 2 is 1.79 bits per heavy atom. The van der Waals surface area contributed by atoms with E-state index in [1.807, 2.05) is 13.8 Å². The molecule has 0 saturated carbocycles. The number of halogens is 1. The van der Waals surface area contributed by atoms with Crippen molar-refractivity contribution < 1.29 is 9.50 Å². The van der Waals surface area contributed by atoms with Gasteiger partial charge in [-0.3, -0.25) is 0 Å². The highest BCUT2D eigenvalue weighted by Crippen LogP contribution is 2.22. The molecule has 0 heterocycles. The summed E-state index contributed by atoms with van der Waals surface area (Å²) in [6.45, 7) is 5.37. The monoisotopic (exact) mass is 197 g/mol. The van der Waals surface area contributed by atoms with Gasteiger partial charge in [-0.05, 0) is 38.0 Å². The molecular formula is C11H16FNO. The third kappa shape index (κ3) is 2.11. The summed E-state index contributed by atoms with van der Waals surface area (Å²) in [5.41, 5.74) is 7.63. The van der Waals surface area contributed by atoms with E-state index >= 15 is 0 Å². The maximum Gasteiger partial charge on any atom is 0.129 e. The lowest BCUT2D eigenvalue weighted by atomic mass is 9.99. The van der Waals surface area contributed by atoms with Crippen molar-refractivity contribution in [1.29, 1.82) is 0 Å². The number of hydrogen-bond acceptors (Lipinski definition) is 2. The van der Waals surface area contributed by atoms with Gasteiger partial charge in [0.2, 0.25) is 0 Å². The first-order chi connectivity index (χ1) is 6.43. The number of aliphatic hydroxyl groups is 1. The van der Waals surface area contributed by atoms with Crippen LogP contribution in [0.1, 0.15) is 29.7 Å². The van der Waals surface area contributed by atoms with Gasteiger partial charge in [0.1, 0.15) is 5.82 Å². The van der Waals surface area contributed by atoms with Crippen molar-refractivity contribution in [2.24, 2.45) is 5.73 Å². The molecule has 0 amide bonds. The zero-order valence-corrected chi connectivity index (χ0v) is 8.71. The normalized spacial score (nSPS) is 15.3. The molecule has 0 saturated heterocycles. The van der Waals surface area contributed by atoms with Crippen LogP contribution in [-0.2, 0) is 0 Å². The van der Waals surface area contributed by atoms with Gasteiger partial charge in [-0.25, -0.2) is 4.39 Å². The summed E-state index contributed by atoms with van der Waals surface area (Å²) in [6, 6.07) is 2.61. The zero-order chi connectivity index (χ0) is 10.9. The van der Waals surface area contributed by atoms with E-state index in [0.29, 0.717) is 0 Å². The van der Waals surface area contributed by atoms with Crippen LogP contribution >= 0.6 is 0 Å². The van der Waals surface area contributed by atoms with E-state index in [9.17, 15) is 9.50 Å². The fourth-order valence-electron chi connectivity index (χ4n) is 1.31. The first-order valence-corrected chi connectivity index (χ1v) is 4.63. The minimum absolute atomic E-state index is 0.281. The molecule has 0 fully saturated rings. The zero-order valence-electron chi connectivity index (χ0n) is 8.71. The predicted molar refractivity (Wildman–Crippen MR) is 54.5 cm³/mol. The molecule has 2 unspecified atom stereocenters. The molecule has 1 aromatic rings. The Balaban J connectivity index is 3.15. The van der Waals surface area contributed by atoms with Crippen LogP contribution in [-0.4, -0.2) is 11.1 Å². The van der Waals surface area contributed by atoms with Gasteiger partial charge in [0.25, 0.3) is 0 Å². The van der Waals surface area contributed by atoms with Gasteiger partial charge in [-0.15, -0.1) is 0 Å². The second-order valence-electron chi connectivity index (χ2n) is 3.76. The third-order valence-corrected chi connectivity index (χ3v) is 2.43. The van der Waals surface area contributed by atoms with Gasteiger partial charge in [0, 0.05) is 11.6 Å². The maximum atomic E-state index is 13.4. The van der Waals surface area contributed by atoms with Crippen molar-refractivity contribution in [3.63, 3.8) is 0 Å². The van der Waals surface area contributed by atoms with Crippen molar-refractivity contribution in [1.82, 2.24) is 0 Å². The summed E-state index contributed by atoms with van der Waals surface area (Å²) < 4.78 is 13.4. The van der Waals surface area contributed by atoms with Crippen molar-refractivity contribution in [2.75, 3.05) is 0 Å². The number of rotatable bonds is 2. The van der Waals surface area contributed by atoms with E-state index in [2.05, 4.69) is 0 Å². The topological polar surface area (TPSA) is 46.2 Å². The smallest absolute Gasteiger partial charge is 0.129 e. The number of aryl methyl sites for hydroxylation is 2. The molecule has 0 spiro atoms. The summed E-state index contributed by atoms with van der Waals surface area (Å²) >= 11 is 0. The average Bonchev–Trinajstić information content (AvgIpc) is 2.10. The minimum atomic E-state index is -0.936. The molecule has 0 aliphatic carbocycles. The maximum absolute atomic E-state index is 13.4. The molecule has 3 N–H and O–H groups in total. The first-order valence-electron chi connectivity index (χ1n) is 4.63. The summed E-state index contributed by atoms with van der Waals surface area (Å²) in [5, 5.41) is 9.63. The van der Waals surface area contributed by atoms with Gasteiger partial charge in [-0.2, -0.15) is 0 Å². The Hall–Kier alpha value is -0.930. The van der Waals surface area contributed by atoms with Gasteiger partial charge in [-0.1, -0.05) is 6.07 Å². The Morgan fingerprint density at radius 3 is 2.29 bits per heavy atom. The SMILES string of the molecule is Cc1cc(F)c(C(O)C(C)N)cc1C. The summed E-state index contributed by atoms with van der Waals surface area (Å²) in [5.74, 6) is -0.391. The van der Waals surface area contributed by atoms with Gasteiger partial charge in [0.15, 0.2) is 0 Å². The van der Waals surface area contributed by atoms with Crippen molar-refractivity contribution in [2.45, 2.75) is 32.9 Å². The quantitative estimate of drug-likeness (QED) is 0.759. The highest BCUT2D eigenvalue weighted by atomic mass is 19.1. The van der Waals surface area contributed by atoms with E-state index in [1.54, 1.807) is 13.0 Å². The summed E-state index contributed by atoms with van der Waals surface area (Å²) in [6.07, 6.45) is -0.936. The van der Waals surface area contributed by atoms with Crippen LogP contribution in [0.4, 0.5) is 4.39 Å². The standard InChI is InChI=1S/C11H16FNO/c1-6-4-9(11(14)8(3)13)10(12)5-7(6)2/h4-5,8,11,14H,13H2,1-3H3. The van der Waals surface area contributed by atoms with E-state index in [4.69, 9.17) is 5.73 Å². The van der Waals surface area contributed by atoms with E-state index in [-0.39, 0.29) is 5.56 Å². The van der Waals surface area contributed by atoms with Crippen LogP contribution in [0.25, 0.3) is 0 Å². The van der Waals surface area contributed by atoms with E-state index < -0.39 is 18.0 Å². The second kappa shape index (κ2) is 4.07. The molecule has 2 atom stereocenters. The van der Waals surface area contributed by atoms with Gasteiger partial charge < -0.3 is 10.8 Å². The van der Waals surface area contributed by atoms with Crippen molar-refractivity contribution >= 4 is 0 Å². The first kappa shape index (κ1) is 11.1. The largest absolute Gasteiger partial charge is 0.387 e. The van der Waals surface area contributed by atoms with Crippen LogP contribution in [0.15, 0.2) is 12.1 Å². The summed E-state index contributed by atoms with van der Waals surface area (Å²) in [7, 11) is 0. The lowest BCUT2D eigenvalue weighted by molar-refractivity contribution is 0.149. The Morgan fingerprint density at radius 1 is 1.29 bits per heavy atom. The van der Waals surface area contributed by atoms with Crippen LogP contribution < -0.4 is 5.73 Å². The molecule has 0 bridgehead atoms. The lowest BCUT2D eigenvalue weighted by Crippen LogP contribution is -2.25. The van der Waals surface area contributed by atoms with Crippen molar-refractivity contribution in [3.05, 3.63) is 34.6 Å². The average molecular weight is 197 g/mol. The molecule has 1 rings (SSSR count). The highest BCUT2D eigenvalue weighted by molar-refractivity contribution is 5.33. The van der Waals surface area contributed by atoms with Gasteiger partial charge >= 0.3 is 0 Å². The molecule has 14 heavy (non-hydrogen) atoms. The van der Waals surface area contributed by atoms with Crippen LogP contribution in [0, 0.1) is 19.7 Å². The molecule has 0 aliphatic rings. The fourth-order valence-corrected chi connectivity index (χ4v) is 1.31. The Bertz CT molecular complexity index is 336. The number of aliphatic hydroxyl groups excluding tert-OH is 1. The molecule has 3 heteroatoms. The lowest BCUT2D eigenvalue weighted by Gasteiger charge is -2.16. The van der Waals surface area contributed by atoms with Crippen LogP contribution in [0.3, 0.4) is 0 Å². The number of nitrogens with two attached hydrogens (primary N) is 1. The minimum Gasteiger partial charge on any atom is -0.387 e. The Kier molecular flexibility index (Phi) is 3.24. The van der Waals surface area contributed by atoms with Crippen LogP contribution in [0.5, 0.6) is 0 Å². The molecule has 78 valence electrons. The fraction of sp³-hybridized carbons (Fsp3) is 0.455. The predicted octanol–water partition coefficient (Wildman–Crippen LogP) is 1.82. The molecule has 0 radical (unpaired) electrons. The molecule has 2 nitrogen and oxygen atoms in total. The Labute approximate surface area is 83.6 Å². The van der Waals surface area contributed by atoms with Crippen LogP contribution in [0.2, 0.25) is 0 Å². The third-order valence-electron chi connectivity index (χ3n) is 2.43. The van der Waals surface area contributed by atoms with E-state index in [1.165, 1.54) is 6.07 Å². The molecule has 0 aromatic heterocycles. The van der Waals surface area contributed by atoms with E-state index in [0.717, 1.165) is 11.1 Å². The molecular weight excluding hydrogens is 181 g/mol. The van der Waals surface area contributed by atoms with Crippen molar-refractivity contribution in [3.8, 4) is 0 Å². The number of hydrogen-bond donors (Lipinski definition) is 2. The second-order valence-corrected chi connectivity index (χ2v) is 3.76.